The first-order valence-electron chi connectivity index (χ1n) is 5.31. The molecule has 0 spiro atoms. The Labute approximate surface area is 84.8 Å². The molecule has 0 unspecified atom stereocenters. The third-order valence-corrected chi connectivity index (χ3v) is 4.95. The van der Waals surface area contributed by atoms with Gasteiger partial charge in [-0.25, -0.2) is 0 Å². The highest BCUT2D eigenvalue weighted by molar-refractivity contribution is 6.77. The number of nitrogens with zero attached hydrogens (tertiary/aromatic N) is 1. The Bertz CT molecular complexity index is 152. The molecular formula is C11H25NSi. The standard InChI is InChI=1S/C11H25NSi/c1-6-8-10-13(4,5)11-12(3)9-7-2/h6,8H,7,9-11H2,1-5H3/b8-6+. The van der Waals surface area contributed by atoms with E-state index in [9.17, 15) is 0 Å². The predicted octanol–water partition coefficient (Wildman–Crippen LogP) is 3.15. The Balaban J connectivity index is 3.85. The van der Waals surface area contributed by atoms with Crippen LogP contribution in [0.1, 0.15) is 20.3 Å². The zero-order chi connectivity index (χ0) is 10.3. The molecule has 13 heavy (non-hydrogen) atoms. The Hall–Kier alpha value is -0.0831. The maximum Gasteiger partial charge on any atom is 0.0666 e. The molecule has 0 N–H and O–H groups in total. The highest BCUT2D eigenvalue weighted by Gasteiger charge is 2.20. The van der Waals surface area contributed by atoms with Crippen molar-refractivity contribution in [2.24, 2.45) is 0 Å². The summed E-state index contributed by atoms with van der Waals surface area (Å²) in [6, 6.07) is 1.32. The van der Waals surface area contributed by atoms with Crippen molar-refractivity contribution in [2.45, 2.75) is 39.4 Å². The van der Waals surface area contributed by atoms with Gasteiger partial charge in [0.1, 0.15) is 0 Å². The van der Waals surface area contributed by atoms with Crippen molar-refractivity contribution in [2.75, 3.05) is 19.8 Å². The van der Waals surface area contributed by atoms with Gasteiger partial charge in [-0.15, -0.1) is 0 Å². The van der Waals surface area contributed by atoms with Crippen LogP contribution in [-0.4, -0.2) is 32.7 Å². The molecule has 0 aliphatic rings. The van der Waals surface area contributed by atoms with E-state index in [1.807, 2.05) is 0 Å². The molecule has 0 aromatic carbocycles. The quantitative estimate of drug-likeness (QED) is 0.469. The van der Waals surface area contributed by atoms with Crippen molar-refractivity contribution in [3.05, 3.63) is 12.2 Å². The summed E-state index contributed by atoms with van der Waals surface area (Å²) in [5.74, 6) is 0. The third-order valence-electron chi connectivity index (χ3n) is 2.21. The molecule has 0 aromatic rings. The average molecular weight is 199 g/mol. The van der Waals surface area contributed by atoms with Crippen LogP contribution in [0.3, 0.4) is 0 Å². The van der Waals surface area contributed by atoms with Crippen LogP contribution in [-0.2, 0) is 0 Å². The Morgan fingerprint density at radius 3 is 2.38 bits per heavy atom. The van der Waals surface area contributed by atoms with E-state index in [0.717, 1.165) is 0 Å². The Morgan fingerprint density at radius 2 is 1.92 bits per heavy atom. The van der Waals surface area contributed by atoms with E-state index in [2.05, 4.69) is 51.0 Å². The molecule has 0 saturated heterocycles. The van der Waals surface area contributed by atoms with Gasteiger partial charge in [-0.3, -0.25) is 0 Å². The summed E-state index contributed by atoms with van der Waals surface area (Å²) >= 11 is 0. The summed E-state index contributed by atoms with van der Waals surface area (Å²) < 4.78 is 0. The normalized spacial score (nSPS) is 13.1. The van der Waals surface area contributed by atoms with E-state index in [4.69, 9.17) is 0 Å². The summed E-state index contributed by atoms with van der Waals surface area (Å²) in [4.78, 5) is 2.48. The van der Waals surface area contributed by atoms with Crippen molar-refractivity contribution in [3.8, 4) is 0 Å². The second-order valence-corrected chi connectivity index (χ2v) is 9.73. The summed E-state index contributed by atoms with van der Waals surface area (Å²) in [5, 5.41) is 0. The molecule has 0 heterocycles. The molecule has 78 valence electrons. The molecule has 0 bridgehead atoms. The van der Waals surface area contributed by atoms with E-state index in [1.54, 1.807) is 0 Å². The lowest BCUT2D eigenvalue weighted by Gasteiger charge is -2.27. The fourth-order valence-electron chi connectivity index (χ4n) is 1.69. The van der Waals surface area contributed by atoms with E-state index < -0.39 is 8.07 Å². The second kappa shape index (κ2) is 6.38. The van der Waals surface area contributed by atoms with Gasteiger partial charge >= 0.3 is 0 Å². The topological polar surface area (TPSA) is 3.24 Å². The van der Waals surface area contributed by atoms with Gasteiger partial charge in [0.15, 0.2) is 0 Å². The largest absolute Gasteiger partial charge is 0.309 e. The Kier molecular flexibility index (Phi) is 6.34. The minimum atomic E-state index is -0.985. The van der Waals surface area contributed by atoms with Gasteiger partial charge < -0.3 is 4.90 Å². The monoisotopic (exact) mass is 199 g/mol. The first-order chi connectivity index (χ1) is 6.02. The van der Waals surface area contributed by atoms with Gasteiger partial charge in [0.2, 0.25) is 0 Å². The molecule has 0 amide bonds. The minimum absolute atomic E-state index is 0.985. The molecule has 2 heteroatoms. The minimum Gasteiger partial charge on any atom is -0.309 e. The molecule has 0 radical (unpaired) electrons. The van der Waals surface area contributed by atoms with Crippen molar-refractivity contribution in [1.29, 1.82) is 0 Å². The van der Waals surface area contributed by atoms with Crippen LogP contribution < -0.4 is 0 Å². The van der Waals surface area contributed by atoms with Gasteiger partial charge in [0.05, 0.1) is 8.07 Å². The maximum absolute atomic E-state index is 2.48. The van der Waals surface area contributed by atoms with Gasteiger partial charge in [-0.2, -0.15) is 0 Å². The SMILES string of the molecule is C/C=C/C[Si](C)(C)CN(C)CCC. The van der Waals surface area contributed by atoms with Gasteiger partial charge in [-0.05, 0) is 39.1 Å². The first kappa shape index (κ1) is 12.9. The third kappa shape index (κ3) is 7.02. The number of allylic oxidation sites excluding steroid dienone is 2. The summed E-state index contributed by atoms with van der Waals surface area (Å²) in [6.45, 7) is 10.5. The summed E-state index contributed by atoms with van der Waals surface area (Å²) in [5.41, 5.74) is 0. The van der Waals surface area contributed by atoms with Crippen molar-refractivity contribution in [1.82, 2.24) is 4.90 Å². The van der Waals surface area contributed by atoms with E-state index in [0.29, 0.717) is 0 Å². The summed E-state index contributed by atoms with van der Waals surface area (Å²) in [6.07, 6.45) is 7.09. The lowest BCUT2D eigenvalue weighted by molar-refractivity contribution is 0.381. The van der Waals surface area contributed by atoms with Crippen molar-refractivity contribution in [3.63, 3.8) is 0 Å². The fourth-order valence-corrected chi connectivity index (χ4v) is 4.32. The van der Waals surface area contributed by atoms with Crippen molar-refractivity contribution >= 4 is 8.07 Å². The predicted molar refractivity (Wildman–Crippen MR) is 64.9 cm³/mol. The molecule has 1 nitrogen and oxygen atoms in total. The van der Waals surface area contributed by atoms with Crippen LogP contribution in [0.25, 0.3) is 0 Å². The number of hydrogen-bond donors (Lipinski definition) is 0. The van der Waals surface area contributed by atoms with Crippen molar-refractivity contribution < 1.29 is 0 Å². The molecule has 0 aliphatic carbocycles. The molecule has 0 fully saturated rings. The highest BCUT2D eigenvalue weighted by atomic mass is 28.3. The lowest BCUT2D eigenvalue weighted by atomic mass is 10.5. The highest BCUT2D eigenvalue weighted by Crippen LogP contribution is 2.11. The van der Waals surface area contributed by atoms with Crippen LogP contribution in [0, 0.1) is 0 Å². The number of hydrogen-bond acceptors (Lipinski definition) is 1. The second-order valence-electron chi connectivity index (χ2n) is 4.68. The van der Waals surface area contributed by atoms with Gasteiger partial charge in [-0.1, -0.05) is 32.2 Å². The first-order valence-corrected chi connectivity index (χ1v) is 8.73. The van der Waals surface area contributed by atoms with Crippen LogP contribution in [0.5, 0.6) is 0 Å². The van der Waals surface area contributed by atoms with E-state index in [-0.39, 0.29) is 0 Å². The molecule has 0 saturated carbocycles. The maximum atomic E-state index is 2.48. The van der Waals surface area contributed by atoms with Crippen LogP contribution in [0.4, 0.5) is 0 Å². The van der Waals surface area contributed by atoms with Crippen LogP contribution >= 0.6 is 0 Å². The Morgan fingerprint density at radius 1 is 1.31 bits per heavy atom. The fraction of sp³-hybridized carbons (Fsp3) is 0.818. The molecule has 0 aromatic heterocycles. The zero-order valence-corrected chi connectivity index (χ0v) is 10.9. The van der Waals surface area contributed by atoms with Crippen LogP contribution in [0.15, 0.2) is 12.2 Å². The smallest absolute Gasteiger partial charge is 0.0666 e. The van der Waals surface area contributed by atoms with Gasteiger partial charge in [0.25, 0.3) is 0 Å². The number of rotatable bonds is 6. The molecule has 0 rings (SSSR count). The lowest BCUT2D eigenvalue weighted by Crippen LogP contribution is -2.40. The van der Waals surface area contributed by atoms with E-state index in [1.165, 1.54) is 25.2 Å². The molecule has 0 atom stereocenters. The zero-order valence-electron chi connectivity index (χ0n) is 9.93. The average Bonchev–Trinajstić information content (AvgIpc) is 2.00. The van der Waals surface area contributed by atoms with Crippen LogP contribution in [0.2, 0.25) is 19.1 Å². The summed E-state index contributed by atoms with van der Waals surface area (Å²) in [7, 11) is 1.26. The molecular weight excluding hydrogens is 174 g/mol. The van der Waals surface area contributed by atoms with E-state index >= 15 is 0 Å². The van der Waals surface area contributed by atoms with Gasteiger partial charge in [0, 0.05) is 0 Å². The molecule has 0 aliphatic heterocycles.